The Labute approximate surface area is 109 Å². The van der Waals surface area contributed by atoms with Crippen molar-refractivity contribution in [1.82, 2.24) is 9.55 Å². The van der Waals surface area contributed by atoms with Gasteiger partial charge in [0.05, 0.1) is 11.0 Å². The minimum absolute atomic E-state index is 0.284. The molecule has 2 N–H and O–H groups in total. The normalized spacial score (nSPS) is 13.1. The van der Waals surface area contributed by atoms with Crippen LogP contribution in [0.15, 0.2) is 18.2 Å². The van der Waals surface area contributed by atoms with Crippen LogP contribution in [0, 0.1) is 6.92 Å². The molecular formula is C15H23N3. The molecule has 0 aliphatic heterocycles. The lowest BCUT2D eigenvalue weighted by molar-refractivity contribution is 0.598. The summed E-state index contributed by atoms with van der Waals surface area (Å²) in [4.78, 5) is 4.76. The minimum Gasteiger partial charge on any atom is -0.328 e. The molecule has 0 aliphatic carbocycles. The third-order valence-corrected chi connectivity index (χ3v) is 3.36. The molecule has 1 atom stereocenters. The van der Waals surface area contributed by atoms with Crippen LogP contribution in [0.2, 0.25) is 0 Å². The average Bonchev–Trinajstić information content (AvgIpc) is 2.65. The Balaban J connectivity index is 2.26. The van der Waals surface area contributed by atoms with E-state index in [1.165, 1.54) is 16.9 Å². The van der Waals surface area contributed by atoms with E-state index >= 15 is 0 Å². The summed E-state index contributed by atoms with van der Waals surface area (Å²) in [7, 11) is 0. The van der Waals surface area contributed by atoms with Gasteiger partial charge in [-0.1, -0.05) is 6.07 Å². The molecule has 0 radical (unpaired) electrons. The van der Waals surface area contributed by atoms with Gasteiger partial charge in [-0.05, 0) is 51.3 Å². The molecule has 0 spiro atoms. The second-order valence-corrected chi connectivity index (χ2v) is 5.13. The largest absolute Gasteiger partial charge is 0.328 e. The summed E-state index contributed by atoms with van der Waals surface area (Å²) in [6.07, 6.45) is 3.19. The Morgan fingerprint density at radius 1 is 1.39 bits per heavy atom. The van der Waals surface area contributed by atoms with Gasteiger partial charge in [-0.25, -0.2) is 4.98 Å². The predicted molar refractivity (Wildman–Crippen MR) is 76.7 cm³/mol. The van der Waals surface area contributed by atoms with Gasteiger partial charge in [0.2, 0.25) is 0 Å². The van der Waals surface area contributed by atoms with Crippen LogP contribution in [0.1, 0.15) is 38.1 Å². The molecule has 2 rings (SSSR count). The quantitative estimate of drug-likeness (QED) is 0.880. The Hall–Kier alpha value is -1.35. The Kier molecular flexibility index (Phi) is 4.02. The van der Waals surface area contributed by atoms with Crippen molar-refractivity contribution in [2.75, 3.05) is 0 Å². The molecule has 1 unspecified atom stereocenters. The molecule has 0 aliphatic rings. The van der Waals surface area contributed by atoms with E-state index in [1.807, 2.05) is 0 Å². The zero-order valence-electron chi connectivity index (χ0n) is 11.6. The first-order valence-corrected chi connectivity index (χ1v) is 6.83. The molecule has 3 heteroatoms. The van der Waals surface area contributed by atoms with E-state index in [4.69, 9.17) is 10.7 Å². The van der Waals surface area contributed by atoms with Crippen LogP contribution in [-0.4, -0.2) is 15.6 Å². The minimum atomic E-state index is 0.284. The summed E-state index contributed by atoms with van der Waals surface area (Å²) in [5, 5.41) is 0. The molecule has 1 aromatic heterocycles. The molecule has 0 fully saturated rings. The summed E-state index contributed by atoms with van der Waals surface area (Å²) >= 11 is 0. The van der Waals surface area contributed by atoms with Crippen molar-refractivity contribution < 1.29 is 0 Å². The second-order valence-electron chi connectivity index (χ2n) is 5.13. The lowest BCUT2D eigenvalue weighted by Gasteiger charge is -2.07. The van der Waals surface area contributed by atoms with Crippen LogP contribution >= 0.6 is 0 Å². The Morgan fingerprint density at radius 3 is 2.83 bits per heavy atom. The number of hydrogen-bond donors (Lipinski definition) is 1. The number of aryl methyl sites for hydroxylation is 3. The van der Waals surface area contributed by atoms with Crippen LogP contribution in [0.5, 0.6) is 0 Å². The first kappa shape index (κ1) is 13.1. The fourth-order valence-corrected chi connectivity index (χ4v) is 2.42. The monoisotopic (exact) mass is 245 g/mol. The topological polar surface area (TPSA) is 43.8 Å². The third-order valence-electron chi connectivity index (χ3n) is 3.36. The van der Waals surface area contributed by atoms with Gasteiger partial charge in [-0.15, -0.1) is 0 Å². The number of benzene rings is 1. The van der Waals surface area contributed by atoms with Crippen molar-refractivity contribution in [2.45, 2.75) is 52.6 Å². The van der Waals surface area contributed by atoms with Crippen LogP contribution in [-0.2, 0) is 13.0 Å². The molecule has 0 amide bonds. The number of nitrogens with zero attached hydrogens (tertiary/aromatic N) is 2. The van der Waals surface area contributed by atoms with Crippen molar-refractivity contribution in [3.05, 3.63) is 29.6 Å². The molecule has 0 bridgehead atoms. The highest BCUT2D eigenvalue weighted by atomic mass is 15.1. The van der Waals surface area contributed by atoms with Gasteiger partial charge >= 0.3 is 0 Å². The van der Waals surface area contributed by atoms with E-state index in [9.17, 15) is 0 Å². The van der Waals surface area contributed by atoms with Gasteiger partial charge in [0.15, 0.2) is 0 Å². The van der Waals surface area contributed by atoms with Crippen LogP contribution in [0.4, 0.5) is 0 Å². The third kappa shape index (κ3) is 2.72. The standard InChI is InChI=1S/C15H23N3/c1-4-18-14-9-8-11(2)10-13(14)17-15(18)7-5-6-12(3)16/h8-10,12H,4-7,16H2,1-3H3. The highest BCUT2D eigenvalue weighted by molar-refractivity contribution is 5.76. The van der Waals surface area contributed by atoms with Gasteiger partial charge in [0.1, 0.15) is 5.82 Å². The summed E-state index contributed by atoms with van der Waals surface area (Å²) < 4.78 is 2.32. The highest BCUT2D eigenvalue weighted by Gasteiger charge is 2.09. The van der Waals surface area contributed by atoms with E-state index < -0.39 is 0 Å². The maximum Gasteiger partial charge on any atom is 0.109 e. The van der Waals surface area contributed by atoms with Crippen molar-refractivity contribution >= 4 is 11.0 Å². The van der Waals surface area contributed by atoms with Crippen LogP contribution in [0.25, 0.3) is 11.0 Å². The Bertz CT molecular complexity index is 526. The molecule has 3 nitrogen and oxygen atoms in total. The maximum absolute atomic E-state index is 5.79. The number of aromatic nitrogens is 2. The predicted octanol–water partition coefficient (Wildman–Crippen LogP) is 3.03. The summed E-state index contributed by atoms with van der Waals surface area (Å²) in [5.41, 5.74) is 9.43. The van der Waals surface area contributed by atoms with Crippen molar-refractivity contribution in [3.8, 4) is 0 Å². The number of rotatable bonds is 5. The molecule has 2 aromatic rings. The smallest absolute Gasteiger partial charge is 0.109 e. The van der Waals surface area contributed by atoms with Gasteiger partial charge in [-0.3, -0.25) is 0 Å². The first-order chi connectivity index (χ1) is 8.61. The maximum atomic E-state index is 5.79. The SMILES string of the molecule is CCn1c(CCCC(C)N)nc2cc(C)ccc21. The van der Waals surface area contributed by atoms with Gasteiger partial charge in [-0.2, -0.15) is 0 Å². The zero-order valence-corrected chi connectivity index (χ0v) is 11.6. The van der Waals surface area contributed by atoms with Crippen LogP contribution < -0.4 is 5.73 Å². The Morgan fingerprint density at radius 2 is 2.17 bits per heavy atom. The first-order valence-electron chi connectivity index (χ1n) is 6.83. The van der Waals surface area contributed by atoms with Gasteiger partial charge < -0.3 is 10.3 Å². The number of nitrogens with two attached hydrogens (primary N) is 1. The molecule has 98 valence electrons. The fraction of sp³-hybridized carbons (Fsp3) is 0.533. The summed E-state index contributed by atoms with van der Waals surface area (Å²) in [5.74, 6) is 1.19. The van der Waals surface area contributed by atoms with Crippen molar-refractivity contribution in [1.29, 1.82) is 0 Å². The lowest BCUT2D eigenvalue weighted by Crippen LogP contribution is -2.15. The van der Waals surface area contributed by atoms with E-state index in [1.54, 1.807) is 0 Å². The molecular weight excluding hydrogens is 222 g/mol. The van der Waals surface area contributed by atoms with Crippen molar-refractivity contribution in [2.24, 2.45) is 5.73 Å². The average molecular weight is 245 g/mol. The molecule has 18 heavy (non-hydrogen) atoms. The van der Waals surface area contributed by atoms with Crippen LogP contribution in [0.3, 0.4) is 0 Å². The van der Waals surface area contributed by atoms with Crippen molar-refractivity contribution in [3.63, 3.8) is 0 Å². The number of hydrogen-bond acceptors (Lipinski definition) is 2. The number of imidazole rings is 1. The zero-order chi connectivity index (χ0) is 13.1. The van der Waals surface area contributed by atoms with E-state index in [0.29, 0.717) is 0 Å². The van der Waals surface area contributed by atoms with E-state index in [2.05, 4.69) is 43.5 Å². The van der Waals surface area contributed by atoms with Gasteiger partial charge in [0.25, 0.3) is 0 Å². The molecule has 0 saturated heterocycles. The molecule has 1 aromatic carbocycles. The second kappa shape index (κ2) is 5.53. The van der Waals surface area contributed by atoms with Gasteiger partial charge in [0, 0.05) is 19.0 Å². The lowest BCUT2D eigenvalue weighted by atomic mass is 10.1. The number of fused-ring (bicyclic) bond motifs is 1. The van der Waals surface area contributed by atoms with E-state index in [-0.39, 0.29) is 6.04 Å². The van der Waals surface area contributed by atoms with E-state index in [0.717, 1.165) is 31.3 Å². The summed E-state index contributed by atoms with van der Waals surface area (Å²) in [6.45, 7) is 7.33. The molecule has 0 saturated carbocycles. The molecule has 1 heterocycles. The fourth-order valence-electron chi connectivity index (χ4n) is 2.42. The highest BCUT2D eigenvalue weighted by Crippen LogP contribution is 2.19. The summed E-state index contributed by atoms with van der Waals surface area (Å²) in [6, 6.07) is 6.78.